The molecule has 2 N–H and O–H groups in total. The third-order valence-electron chi connectivity index (χ3n) is 2.79. The lowest BCUT2D eigenvalue weighted by molar-refractivity contribution is 0.474. The van der Waals surface area contributed by atoms with Crippen LogP contribution in [0.25, 0.3) is 0 Å². The summed E-state index contributed by atoms with van der Waals surface area (Å²) in [7, 11) is 0. The summed E-state index contributed by atoms with van der Waals surface area (Å²) in [5.74, 6) is -0.996. The first-order chi connectivity index (χ1) is 9.04. The molecule has 2 aromatic rings. The predicted molar refractivity (Wildman–Crippen MR) is 71.3 cm³/mol. The van der Waals surface area contributed by atoms with E-state index < -0.39 is 11.6 Å². The second kappa shape index (κ2) is 5.69. The van der Waals surface area contributed by atoms with Gasteiger partial charge in [0.05, 0.1) is 5.69 Å². The van der Waals surface area contributed by atoms with E-state index in [2.05, 4.69) is 5.32 Å². The van der Waals surface area contributed by atoms with Crippen molar-refractivity contribution in [2.75, 3.05) is 5.32 Å². The number of aromatic hydroxyl groups is 1. The lowest BCUT2D eigenvalue weighted by Gasteiger charge is -2.16. The fraction of sp³-hybridized carbons (Fsp3) is 0.200. The minimum Gasteiger partial charge on any atom is -0.508 e. The minimum atomic E-state index is -0.609. The number of hydrogen-bond acceptors (Lipinski definition) is 2. The van der Waals surface area contributed by atoms with Crippen molar-refractivity contribution in [1.82, 2.24) is 0 Å². The average molecular weight is 263 g/mol. The topological polar surface area (TPSA) is 32.3 Å². The fourth-order valence-corrected chi connectivity index (χ4v) is 1.96. The highest BCUT2D eigenvalue weighted by molar-refractivity contribution is 5.45. The minimum absolute atomic E-state index is 0.0400. The van der Waals surface area contributed by atoms with Gasteiger partial charge in [-0.3, -0.25) is 0 Å². The lowest BCUT2D eigenvalue weighted by Crippen LogP contribution is -2.18. The molecule has 0 spiro atoms. The van der Waals surface area contributed by atoms with E-state index in [1.54, 1.807) is 18.2 Å². The largest absolute Gasteiger partial charge is 0.508 e. The number of hydrogen-bond donors (Lipinski definition) is 2. The average Bonchev–Trinajstić information content (AvgIpc) is 2.33. The van der Waals surface area contributed by atoms with E-state index in [0.717, 1.165) is 11.6 Å². The number of halogens is 2. The van der Waals surface area contributed by atoms with Crippen LogP contribution in [0.15, 0.2) is 42.5 Å². The molecule has 2 rings (SSSR count). The summed E-state index contributed by atoms with van der Waals surface area (Å²) in [6.07, 6.45) is 0.630. The molecular formula is C15H15F2NO. The molecule has 100 valence electrons. The summed E-state index contributed by atoms with van der Waals surface area (Å²) in [6.45, 7) is 1.90. The van der Waals surface area contributed by atoms with Crippen LogP contribution in [0.3, 0.4) is 0 Å². The van der Waals surface area contributed by atoms with Crippen molar-refractivity contribution in [2.45, 2.75) is 19.4 Å². The zero-order valence-electron chi connectivity index (χ0n) is 10.5. The van der Waals surface area contributed by atoms with Gasteiger partial charge in [0.2, 0.25) is 0 Å². The molecule has 0 fully saturated rings. The Kier molecular flexibility index (Phi) is 4.00. The fourth-order valence-electron chi connectivity index (χ4n) is 1.96. The second-order valence-electron chi connectivity index (χ2n) is 4.54. The smallest absolute Gasteiger partial charge is 0.149 e. The van der Waals surface area contributed by atoms with E-state index >= 15 is 0 Å². The molecule has 0 heterocycles. The van der Waals surface area contributed by atoms with Gasteiger partial charge in [0.15, 0.2) is 0 Å². The molecule has 0 saturated heterocycles. The Hall–Kier alpha value is -2.10. The molecule has 2 aromatic carbocycles. The number of benzene rings is 2. The monoisotopic (exact) mass is 263 g/mol. The zero-order valence-corrected chi connectivity index (χ0v) is 10.5. The van der Waals surface area contributed by atoms with E-state index in [0.29, 0.717) is 6.42 Å². The van der Waals surface area contributed by atoms with Gasteiger partial charge >= 0.3 is 0 Å². The molecular weight excluding hydrogens is 248 g/mol. The van der Waals surface area contributed by atoms with E-state index in [1.807, 2.05) is 13.0 Å². The van der Waals surface area contributed by atoms with Crippen LogP contribution in [0, 0.1) is 11.6 Å². The first kappa shape index (κ1) is 13.3. The van der Waals surface area contributed by atoms with Crippen molar-refractivity contribution in [2.24, 2.45) is 0 Å². The van der Waals surface area contributed by atoms with Crippen LogP contribution in [0.5, 0.6) is 5.75 Å². The van der Waals surface area contributed by atoms with Crippen LogP contribution < -0.4 is 5.32 Å². The molecule has 1 unspecified atom stereocenters. The van der Waals surface area contributed by atoms with Crippen molar-refractivity contribution in [3.63, 3.8) is 0 Å². The molecule has 19 heavy (non-hydrogen) atoms. The van der Waals surface area contributed by atoms with Gasteiger partial charge < -0.3 is 10.4 Å². The third-order valence-corrected chi connectivity index (χ3v) is 2.79. The molecule has 2 nitrogen and oxygen atoms in total. The standard InChI is InChI=1S/C15H15F2NO/c1-10(7-11-3-2-4-13(19)8-11)18-15-6-5-12(16)9-14(15)17/h2-6,8-10,18-19H,7H2,1H3. The van der Waals surface area contributed by atoms with Gasteiger partial charge in [-0.05, 0) is 43.2 Å². The third kappa shape index (κ3) is 3.68. The number of phenols is 1. The highest BCUT2D eigenvalue weighted by atomic mass is 19.1. The maximum atomic E-state index is 13.5. The molecule has 0 amide bonds. The summed E-state index contributed by atoms with van der Waals surface area (Å²) in [5, 5.41) is 12.4. The number of rotatable bonds is 4. The van der Waals surface area contributed by atoms with Crippen molar-refractivity contribution >= 4 is 5.69 Å². The van der Waals surface area contributed by atoms with E-state index in [-0.39, 0.29) is 17.5 Å². The maximum Gasteiger partial charge on any atom is 0.149 e. The summed E-state index contributed by atoms with van der Waals surface area (Å²) >= 11 is 0. The van der Waals surface area contributed by atoms with Crippen LogP contribution in [0.4, 0.5) is 14.5 Å². The summed E-state index contributed by atoms with van der Waals surface area (Å²) < 4.78 is 26.3. The number of phenolic OH excluding ortho intramolecular Hbond substituents is 1. The van der Waals surface area contributed by atoms with Crippen LogP contribution in [0.2, 0.25) is 0 Å². The first-order valence-electron chi connectivity index (χ1n) is 6.04. The Balaban J connectivity index is 2.03. The van der Waals surface area contributed by atoms with Crippen LogP contribution in [-0.4, -0.2) is 11.1 Å². The maximum absolute atomic E-state index is 13.5. The summed E-state index contributed by atoms with van der Waals surface area (Å²) in [5.41, 5.74) is 1.22. The van der Waals surface area contributed by atoms with Gasteiger partial charge in [-0.25, -0.2) is 8.78 Å². The molecule has 0 aliphatic heterocycles. The Labute approximate surface area is 110 Å². The molecule has 1 atom stereocenters. The number of nitrogens with one attached hydrogen (secondary N) is 1. The van der Waals surface area contributed by atoms with Crippen molar-refractivity contribution in [1.29, 1.82) is 0 Å². The van der Waals surface area contributed by atoms with Gasteiger partial charge in [-0.15, -0.1) is 0 Å². The van der Waals surface area contributed by atoms with Crippen molar-refractivity contribution in [3.05, 3.63) is 59.7 Å². The zero-order chi connectivity index (χ0) is 13.8. The van der Waals surface area contributed by atoms with Gasteiger partial charge in [-0.1, -0.05) is 12.1 Å². The molecule has 0 saturated carbocycles. The molecule has 0 aromatic heterocycles. The Bertz CT molecular complexity index is 572. The normalized spacial score (nSPS) is 12.2. The number of anilines is 1. The van der Waals surface area contributed by atoms with E-state index in [9.17, 15) is 13.9 Å². The van der Waals surface area contributed by atoms with Crippen LogP contribution >= 0.6 is 0 Å². The molecule has 0 aliphatic rings. The van der Waals surface area contributed by atoms with Gasteiger partial charge in [-0.2, -0.15) is 0 Å². The lowest BCUT2D eigenvalue weighted by atomic mass is 10.1. The molecule has 0 radical (unpaired) electrons. The molecule has 0 aliphatic carbocycles. The molecule has 4 heteroatoms. The Morgan fingerprint density at radius 3 is 2.63 bits per heavy atom. The van der Waals surface area contributed by atoms with Gasteiger partial charge in [0.25, 0.3) is 0 Å². The molecule has 0 bridgehead atoms. The van der Waals surface area contributed by atoms with Crippen LogP contribution in [-0.2, 0) is 6.42 Å². The van der Waals surface area contributed by atoms with Crippen LogP contribution in [0.1, 0.15) is 12.5 Å². The summed E-state index contributed by atoms with van der Waals surface area (Å²) in [6, 6.07) is 10.3. The highest BCUT2D eigenvalue weighted by Crippen LogP contribution is 2.18. The first-order valence-corrected chi connectivity index (χ1v) is 6.04. The summed E-state index contributed by atoms with van der Waals surface area (Å²) in [4.78, 5) is 0. The van der Waals surface area contributed by atoms with Crippen molar-refractivity contribution in [3.8, 4) is 5.75 Å². The highest BCUT2D eigenvalue weighted by Gasteiger charge is 2.08. The SMILES string of the molecule is CC(Cc1cccc(O)c1)Nc1ccc(F)cc1F. The quantitative estimate of drug-likeness (QED) is 0.881. The predicted octanol–water partition coefficient (Wildman–Crippen LogP) is 3.71. The Morgan fingerprint density at radius 1 is 1.16 bits per heavy atom. The van der Waals surface area contributed by atoms with E-state index in [4.69, 9.17) is 0 Å². The second-order valence-corrected chi connectivity index (χ2v) is 4.54. The Morgan fingerprint density at radius 2 is 1.95 bits per heavy atom. The van der Waals surface area contributed by atoms with Crippen molar-refractivity contribution < 1.29 is 13.9 Å². The van der Waals surface area contributed by atoms with E-state index in [1.165, 1.54) is 12.1 Å². The van der Waals surface area contributed by atoms with Gasteiger partial charge in [0, 0.05) is 12.1 Å². The van der Waals surface area contributed by atoms with Gasteiger partial charge in [0.1, 0.15) is 17.4 Å².